The second-order valence-corrected chi connectivity index (χ2v) is 11.1. The summed E-state index contributed by atoms with van der Waals surface area (Å²) in [5, 5.41) is 0. The summed E-state index contributed by atoms with van der Waals surface area (Å²) in [4.78, 5) is 14.6. The van der Waals surface area contributed by atoms with Gasteiger partial charge in [0.15, 0.2) is 0 Å². The van der Waals surface area contributed by atoms with Crippen LogP contribution in [-0.4, -0.2) is 56.3 Å². The molecule has 2 aromatic rings. The number of rotatable bonds is 7. The van der Waals surface area contributed by atoms with E-state index < -0.39 is 51.0 Å². The molecule has 2 saturated heterocycles. The van der Waals surface area contributed by atoms with Gasteiger partial charge in [-0.1, -0.05) is 36.4 Å². The maximum Gasteiger partial charge on any atom is 0.350 e. The highest BCUT2D eigenvalue weighted by Crippen LogP contribution is 2.56. The molecule has 0 aromatic heterocycles. The zero-order valence-corrected chi connectivity index (χ0v) is 19.4. The van der Waals surface area contributed by atoms with Gasteiger partial charge in [0.25, 0.3) is 15.9 Å². The molecule has 3 fully saturated rings. The summed E-state index contributed by atoms with van der Waals surface area (Å²) in [5.41, 5.74) is -0.486. The van der Waals surface area contributed by atoms with Crippen LogP contribution in [0.3, 0.4) is 0 Å². The first-order valence-corrected chi connectivity index (χ1v) is 12.9. The van der Waals surface area contributed by atoms with E-state index in [0.29, 0.717) is 25.9 Å². The van der Waals surface area contributed by atoms with Crippen molar-refractivity contribution in [3.8, 4) is 11.1 Å². The van der Waals surface area contributed by atoms with Crippen LogP contribution in [0.2, 0.25) is 0 Å². The molecule has 3 aliphatic rings. The number of halogens is 4. The van der Waals surface area contributed by atoms with Gasteiger partial charge in [0.2, 0.25) is 0 Å². The van der Waals surface area contributed by atoms with E-state index in [4.69, 9.17) is 4.74 Å². The molecular weight excluding hydrogens is 488 g/mol. The molecule has 1 amide bonds. The maximum absolute atomic E-state index is 15.6. The van der Waals surface area contributed by atoms with Crippen molar-refractivity contribution in [2.24, 2.45) is 5.41 Å². The van der Waals surface area contributed by atoms with Crippen molar-refractivity contribution in [3.63, 3.8) is 0 Å². The van der Waals surface area contributed by atoms with Crippen LogP contribution in [0.1, 0.15) is 24.8 Å². The predicted molar refractivity (Wildman–Crippen MR) is 119 cm³/mol. The largest absolute Gasteiger partial charge is 0.368 e. The Morgan fingerprint density at radius 1 is 1.11 bits per heavy atom. The fourth-order valence-corrected chi connectivity index (χ4v) is 6.00. The number of ether oxygens (including phenoxy) is 1. The van der Waals surface area contributed by atoms with Crippen molar-refractivity contribution in [3.05, 3.63) is 59.7 Å². The number of alkyl halides is 2. The zero-order valence-electron chi connectivity index (χ0n) is 18.6. The SMILES string of the molecule is O=C([C@H]1CCO1)N1CC2(CC2)[C@H](NS(=O)(=O)C(F)F)[C@@H]1Cc1cccc(-c2ccccc2F)c1F. The van der Waals surface area contributed by atoms with Crippen LogP contribution >= 0.6 is 0 Å². The number of sulfonamides is 1. The van der Waals surface area contributed by atoms with Gasteiger partial charge in [0.05, 0.1) is 12.6 Å². The summed E-state index contributed by atoms with van der Waals surface area (Å²) in [7, 11) is -4.96. The molecule has 2 aromatic carbocycles. The fraction of sp³-hybridized carbons (Fsp3) is 0.458. The average Bonchev–Trinajstić information content (AvgIpc) is 3.49. The smallest absolute Gasteiger partial charge is 0.350 e. The molecule has 1 saturated carbocycles. The summed E-state index contributed by atoms with van der Waals surface area (Å²) in [6.45, 7) is 0.586. The second-order valence-electron chi connectivity index (χ2n) is 9.41. The molecular formula is C24H24F4N2O4S. The fourth-order valence-electron chi connectivity index (χ4n) is 5.14. The lowest BCUT2D eigenvalue weighted by molar-refractivity contribution is -0.157. The topological polar surface area (TPSA) is 75.7 Å². The number of nitrogens with one attached hydrogen (secondary N) is 1. The molecule has 3 atom stereocenters. The number of amides is 1. The van der Waals surface area contributed by atoms with Gasteiger partial charge >= 0.3 is 5.76 Å². The highest BCUT2D eigenvalue weighted by Gasteiger charge is 2.62. The monoisotopic (exact) mass is 512 g/mol. The number of hydrogen-bond acceptors (Lipinski definition) is 4. The zero-order chi connectivity index (χ0) is 25.0. The molecule has 0 unspecified atom stereocenters. The molecule has 1 N–H and O–H groups in total. The Hall–Kier alpha value is -2.50. The molecule has 11 heteroatoms. The van der Waals surface area contributed by atoms with E-state index >= 15 is 4.39 Å². The van der Waals surface area contributed by atoms with Gasteiger partial charge in [-0.25, -0.2) is 21.9 Å². The van der Waals surface area contributed by atoms with Gasteiger partial charge in [0, 0.05) is 35.5 Å². The second kappa shape index (κ2) is 8.86. The van der Waals surface area contributed by atoms with Crippen LogP contribution in [0, 0.1) is 17.0 Å². The van der Waals surface area contributed by atoms with Gasteiger partial charge in [-0.05, 0) is 30.9 Å². The highest BCUT2D eigenvalue weighted by atomic mass is 32.2. The Kier molecular flexibility index (Phi) is 6.13. The van der Waals surface area contributed by atoms with Crippen LogP contribution in [0.5, 0.6) is 0 Å². The van der Waals surface area contributed by atoms with Crippen LogP contribution in [0.4, 0.5) is 17.6 Å². The van der Waals surface area contributed by atoms with Crippen LogP contribution in [-0.2, 0) is 26.0 Å². The van der Waals surface area contributed by atoms with E-state index in [1.165, 1.54) is 35.2 Å². The Bertz CT molecular complexity index is 1250. The molecule has 5 rings (SSSR count). The number of benzene rings is 2. The van der Waals surface area contributed by atoms with E-state index in [0.717, 1.165) is 0 Å². The lowest BCUT2D eigenvalue weighted by Gasteiger charge is -2.34. The number of likely N-dealkylation sites (tertiary alicyclic amines) is 1. The maximum atomic E-state index is 15.6. The third-order valence-corrected chi connectivity index (χ3v) is 8.33. The molecule has 0 bridgehead atoms. The summed E-state index contributed by atoms with van der Waals surface area (Å²) in [6, 6.07) is 8.23. The highest BCUT2D eigenvalue weighted by molar-refractivity contribution is 7.89. The number of nitrogens with zero attached hydrogens (tertiary/aromatic N) is 1. The Balaban J connectivity index is 1.52. The molecule has 1 spiro atoms. The number of carbonyl (C=O) groups excluding carboxylic acids is 1. The Morgan fingerprint density at radius 2 is 1.80 bits per heavy atom. The van der Waals surface area contributed by atoms with E-state index in [-0.39, 0.29) is 35.6 Å². The lowest BCUT2D eigenvalue weighted by Crippen LogP contribution is -2.53. The molecule has 2 aliphatic heterocycles. The van der Waals surface area contributed by atoms with Crippen molar-refractivity contribution in [2.75, 3.05) is 13.2 Å². The molecule has 6 nitrogen and oxygen atoms in total. The van der Waals surface area contributed by atoms with E-state index in [1.54, 1.807) is 12.1 Å². The van der Waals surface area contributed by atoms with Gasteiger partial charge in [-0.15, -0.1) is 0 Å². The van der Waals surface area contributed by atoms with Crippen molar-refractivity contribution in [1.82, 2.24) is 9.62 Å². The number of hydrogen-bond donors (Lipinski definition) is 1. The quantitative estimate of drug-likeness (QED) is 0.577. The first-order chi connectivity index (χ1) is 16.6. The molecule has 35 heavy (non-hydrogen) atoms. The van der Waals surface area contributed by atoms with E-state index in [9.17, 15) is 26.4 Å². The van der Waals surface area contributed by atoms with Gasteiger partial charge in [-0.2, -0.15) is 8.78 Å². The first-order valence-electron chi connectivity index (χ1n) is 11.4. The predicted octanol–water partition coefficient (Wildman–Crippen LogP) is 3.46. The minimum absolute atomic E-state index is 0.0182. The van der Waals surface area contributed by atoms with E-state index in [1.807, 2.05) is 0 Å². The summed E-state index contributed by atoms with van der Waals surface area (Å²) in [6.07, 6.45) is 0.776. The minimum Gasteiger partial charge on any atom is -0.368 e. The van der Waals surface area contributed by atoms with Crippen molar-refractivity contribution in [2.45, 2.75) is 49.6 Å². The van der Waals surface area contributed by atoms with Crippen LogP contribution in [0.25, 0.3) is 11.1 Å². The molecule has 2 heterocycles. The first kappa shape index (κ1) is 24.2. The van der Waals surface area contributed by atoms with Crippen LogP contribution < -0.4 is 4.72 Å². The molecule has 1 aliphatic carbocycles. The molecule has 0 radical (unpaired) electrons. The summed E-state index contributed by atoms with van der Waals surface area (Å²) >= 11 is 0. The third-order valence-electron chi connectivity index (χ3n) is 7.28. The Labute approximate surface area is 200 Å². The van der Waals surface area contributed by atoms with Crippen LogP contribution in [0.15, 0.2) is 42.5 Å². The summed E-state index contributed by atoms with van der Waals surface area (Å²) < 4.78 is 88.1. The van der Waals surface area contributed by atoms with Gasteiger partial charge in [0.1, 0.15) is 17.7 Å². The lowest BCUT2D eigenvalue weighted by atomic mass is 9.91. The van der Waals surface area contributed by atoms with Crippen molar-refractivity contribution < 1.29 is 35.5 Å². The Morgan fingerprint density at radius 3 is 2.40 bits per heavy atom. The summed E-state index contributed by atoms with van der Waals surface area (Å²) in [5.74, 6) is -5.32. The number of carbonyl (C=O) groups is 1. The minimum atomic E-state index is -4.96. The van der Waals surface area contributed by atoms with Gasteiger partial charge in [-0.3, -0.25) is 4.79 Å². The normalized spacial score (nSPS) is 25.2. The van der Waals surface area contributed by atoms with Gasteiger partial charge < -0.3 is 9.64 Å². The standard InChI is InChI=1S/C24H24F4N2O4S/c25-17-7-2-1-5-15(17)16-6-3-4-14(20(16)26)12-18-21(29-35(32,33)23(27)28)24(9-10-24)13-30(18)22(31)19-8-11-34-19/h1-7,18-19,21,23,29H,8-13H2/t18-,19+,21+/m0/s1. The van der Waals surface area contributed by atoms with E-state index in [2.05, 4.69) is 4.72 Å². The third kappa shape index (κ3) is 4.34. The van der Waals surface area contributed by atoms with Crippen molar-refractivity contribution >= 4 is 15.9 Å². The average molecular weight is 513 g/mol. The molecule has 188 valence electrons. The van der Waals surface area contributed by atoms with Crippen molar-refractivity contribution in [1.29, 1.82) is 0 Å².